The minimum Gasteiger partial charge on any atom is -0.477 e. The molecule has 2 aromatic heterocycles. The van der Waals surface area contributed by atoms with Crippen molar-refractivity contribution in [3.8, 4) is 0 Å². The Labute approximate surface area is 87.5 Å². The van der Waals surface area contributed by atoms with Crippen LogP contribution in [0.4, 0.5) is 0 Å². The van der Waals surface area contributed by atoms with E-state index in [1.807, 2.05) is 0 Å². The number of halogens is 1. The lowest BCUT2D eigenvalue weighted by molar-refractivity contribution is 0.0690. The highest BCUT2D eigenvalue weighted by Crippen LogP contribution is 2.13. The van der Waals surface area contributed by atoms with Gasteiger partial charge < -0.3 is 5.11 Å². The summed E-state index contributed by atoms with van der Waals surface area (Å²) in [4.78, 5) is 14.6. The molecule has 0 unspecified atom stereocenters. The van der Waals surface area contributed by atoms with Gasteiger partial charge in [0.15, 0.2) is 11.3 Å². The molecular formula is C8H6BrN3O2. The van der Waals surface area contributed by atoms with E-state index in [2.05, 4.69) is 26.0 Å². The van der Waals surface area contributed by atoms with Crippen LogP contribution >= 0.6 is 15.9 Å². The molecule has 0 spiro atoms. The van der Waals surface area contributed by atoms with E-state index in [1.54, 1.807) is 17.5 Å². The molecule has 14 heavy (non-hydrogen) atoms. The van der Waals surface area contributed by atoms with E-state index < -0.39 is 5.97 Å². The molecule has 0 saturated heterocycles. The molecular weight excluding hydrogens is 250 g/mol. The van der Waals surface area contributed by atoms with Gasteiger partial charge in [0.1, 0.15) is 4.60 Å². The van der Waals surface area contributed by atoms with Gasteiger partial charge in [-0.2, -0.15) is 5.10 Å². The summed E-state index contributed by atoms with van der Waals surface area (Å²) >= 11 is 3.20. The van der Waals surface area contributed by atoms with Gasteiger partial charge in [-0.05, 0) is 28.9 Å². The number of rotatable bonds is 1. The number of aromatic nitrogens is 3. The molecule has 1 N–H and O–H groups in total. The fourth-order valence-electron chi connectivity index (χ4n) is 1.21. The highest BCUT2D eigenvalue weighted by Gasteiger charge is 2.09. The number of carboxylic acids is 1. The van der Waals surface area contributed by atoms with Crippen molar-refractivity contribution >= 4 is 27.5 Å². The Bertz CT molecular complexity index is 521. The molecule has 0 bridgehead atoms. The second-order valence-corrected chi connectivity index (χ2v) is 3.64. The normalized spacial score (nSPS) is 10.7. The van der Waals surface area contributed by atoms with Crippen LogP contribution in [0.25, 0.3) is 5.65 Å². The summed E-state index contributed by atoms with van der Waals surface area (Å²) in [5, 5.41) is 12.9. The van der Waals surface area contributed by atoms with Gasteiger partial charge in [0.25, 0.3) is 0 Å². The fourth-order valence-corrected chi connectivity index (χ4v) is 1.57. The van der Waals surface area contributed by atoms with Crippen LogP contribution in [0.2, 0.25) is 0 Å². The minimum atomic E-state index is -1.03. The van der Waals surface area contributed by atoms with Gasteiger partial charge in [-0.1, -0.05) is 0 Å². The summed E-state index contributed by atoms with van der Waals surface area (Å²) in [6, 6.07) is 3.15. The number of hydrogen-bond donors (Lipinski definition) is 1. The van der Waals surface area contributed by atoms with E-state index in [0.29, 0.717) is 10.3 Å². The van der Waals surface area contributed by atoms with E-state index in [1.165, 1.54) is 6.07 Å². The Morgan fingerprint density at radius 3 is 2.93 bits per heavy atom. The summed E-state index contributed by atoms with van der Waals surface area (Å²) in [6.45, 7) is 1.78. The van der Waals surface area contributed by atoms with Crippen LogP contribution in [0.1, 0.15) is 16.2 Å². The van der Waals surface area contributed by atoms with Gasteiger partial charge >= 0.3 is 5.97 Å². The van der Waals surface area contributed by atoms with Crippen molar-refractivity contribution in [3.05, 3.63) is 28.1 Å². The maximum absolute atomic E-state index is 10.7. The van der Waals surface area contributed by atoms with E-state index in [0.717, 1.165) is 5.69 Å². The first-order valence-electron chi connectivity index (χ1n) is 3.84. The van der Waals surface area contributed by atoms with Crippen molar-refractivity contribution in [1.82, 2.24) is 14.6 Å². The van der Waals surface area contributed by atoms with Crippen LogP contribution < -0.4 is 0 Å². The third kappa shape index (κ3) is 1.37. The Morgan fingerprint density at radius 1 is 1.57 bits per heavy atom. The summed E-state index contributed by atoms with van der Waals surface area (Å²) < 4.78 is 2.21. The van der Waals surface area contributed by atoms with E-state index in [-0.39, 0.29) is 5.69 Å². The molecule has 0 aliphatic rings. The zero-order chi connectivity index (χ0) is 10.3. The Hall–Kier alpha value is -1.43. The molecule has 0 atom stereocenters. The number of hydrogen-bond acceptors (Lipinski definition) is 3. The lowest BCUT2D eigenvalue weighted by atomic mass is 10.3. The largest absolute Gasteiger partial charge is 0.477 e. The van der Waals surface area contributed by atoms with E-state index in [9.17, 15) is 4.79 Å². The summed E-state index contributed by atoms with van der Waals surface area (Å²) in [5.74, 6) is -1.03. The van der Waals surface area contributed by atoms with Gasteiger partial charge in [0, 0.05) is 11.8 Å². The molecule has 0 radical (unpaired) electrons. The SMILES string of the molecule is Cc1cc(C(=O)O)nc2cc(Br)nn12. The molecule has 2 heterocycles. The van der Waals surface area contributed by atoms with Gasteiger partial charge in [-0.25, -0.2) is 14.3 Å². The number of carbonyl (C=O) groups is 1. The molecule has 0 amide bonds. The predicted octanol–water partition coefficient (Wildman–Crippen LogP) is 1.50. The number of aromatic carboxylic acids is 1. The molecule has 5 nitrogen and oxygen atoms in total. The molecule has 0 aliphatic heterocycles. The van der Waals surface area contributed by atoms with Crippen molar-refractivity contribution in [2.45, 2.75) is 6.92 Å². The molecule has 0 fully saturated rings. The standard InChI is InChI=1S/C8H6BrN3O2/c1-4-2-5(8(13)14)10-7-3-6(9)11-12(4)7/h2-3H,1H3,(H,13,14). The fraction of sp³-hybridized carbons (Fsp3) is 0.125. The highest BCUT2D eigenvalue weighted by molar-refractivity contribution is 9.10. The Morgan fingerprint density at radius 2 is 2.29 bits per heavy atom. The molecule has 0 aliphatic carbocycles. The van der Waals surface area contributed by atoms with Gasteiger partial charge in [-0.15, -0.1) is 0 Å². The summed E-state index contributed by atoms with van der Waals surface area (Å²) in [7, 11) is 0. The first-order valence-corrected chi connectivity index (χ1v) is 4.63. The molecule has 2 rings (SSSR count). The maximum Gasteiger partial charge on any atom is 0.354 e. The van der Waals surface area contributed by atoms with Crippen LogP contribution in [0.15, 0.2) is 16.7 Å². The number of nitrogens with zero attached hydrogens (tertiary/aromatic N) is 3. The second-order valence-electron chi connectivity index (χ2n) is 2.82. The Kier molecular flexibility index (Phi) is 1.99. The van der Waals surface area contributed by atoms with Crippen molar-refractivity contribution in [2.75, 3.05) is 0 Å². The lowest BCUT2D eigenvalue weighted by Crippen LogP contribution is -2.05. The third-order valence-electron chi connectivity index (χ3n) is 1.79. The predicted molar refractivity (Wildman–Crippen MR) is 52.4 cm³/mol. The maximum atomic E-state index is 10.7. The average molecular weight is 256 g/mol. The first-order chi connectivity index (χ1) is 6.58. The quantitative estimate of drug-likeness (QED) is 0.839. The number of fused-ring (bicyclic) bond motifs is 1. The number of carboxylic acid groups (broad SMARTS) is 1. The minimum absolute atomic E-state index is 0.0300. The molecule has 6 heteroatoms. The molecule has 0 saturated carbocycles. The lowest BCUT2D eigenvalue weighted by Gasteiger charge is -1.99. The first kappa shape index (κ1) is 9.14. The summed E-state index contributed by atoms with van der Waals surface area (Å²) in [5.41, 5.74) is 1.29. The number of aryl methyl sites for hydroxylation is 1. The van der Waals surface area contributed by atoms with Crippen LogP contribution in [0, 0.1) is 6.92 Å². The van der Waals surface area contributed by atoms with Crippen LogP contribution in [-0.2, 0) is 0 Å². The van der Waals surface area contributed by atoms with Gasteiger partial charge in [0.2, 0.25) is 0 Å². The monoisotopic (exact) mass is 255 g/mol. The van der Waals surface area contributed by atoms with Crippen LogP contribution in [0.5, 0.6) is 0 Å². The topological polar surface area (TPSA) is 67.5 Å². The van der Waals surface area contributed by atoms with Crippen LogP contribution in [0.3, 0.4) is 0 Å². The smallest absolute Gasteiger partial charge is 0.354 e. The van der Waals surface area contributed by atoms with Gasteiger partial charge in [-0.3, -0.25) is 0 Å². The van der Waals surface area contributed by atoms with Crippen molar-refractivity contribution in [1.29, 1.82) is 0 Å². The van der Waals surface area contributed by atoms with E-state index >= 15 is 0 Å². The zero-order valence-corrected chi connectivity index (χ0v) is 8.82. The second kappa shape index (κ2) is 3.06. The summed E-state index contributed by atoms with van der Waals surface area (Å²) in [6.07, 6.45) is 0. The van der Waals surface area contributed by atoms with Crippen molar-refractivity contribution < 1.29 is 9.90 Å². The third-order valence-corrected chi connectivity index (χ3v) is 2.18. The van der Waals surface area contributed by atoms with Crippen LogP contribution in [-0.4, -0.2) is 25.7 Å². The van der Waals surface area contributed by atoms with Crippen molar-refractivity contribution in [2.24, 2.45) is 0 Å². The Balaban J connectivity index is 2.77. The molecule has 72 valence electrons. The highest BCUT2D eigenvalue weighted by atomic mass is 79.9. The van der Waals surface area contributed by atoms with Crippen molar-refractivity contribution in [3.63, 3.8) is 0 Å². The van der Waals surface area contributed by atoms with Gasteiger partial charge in [0.05, 0.1) is 0 Å². The molecule has 0 aromatic carbocycles. The molecule has 2 aromatic rings. The van der Waals surface area contributed by atoms with E-state index in [4.69, 9.17) is 5.11 Å². The average Bonchev–Trinajstić information content (AvgIpc) is 2.45. The zero-order valence-electron chi connectivity index (χ0n) is 7.23.